The molecule has 1 saturated heterocycles. The Kier molecular flexibility index (Phi) is 10.7. The minimum Gasteiger partial charge on any atom is -0.493 e. The lowest BCUT2D eigenvalue weighted by atomic mass is 10.1. The second-order valence-corrected chi connectivity index (χ2v) is 10.9. The number of aromatic nitrogens is 1. The number of methoxy groups -OCH3 is 1. The Morgan fingerprint density at radius 1 is 1.02 bits per heavy atom. The number of morpholine rings is 1. The van der Waals surface area contributed by atoms with E-state index in [0.717, 1.165) is 60.8 Å². The van der Waals surface area contributed by atoms with Crippen LogP contribution in [0.25, 0.3) is 10.9 Å². The molecule has 1 aliphatic rings. The number of aryl methyl sites for hydroxylation is 1. The van der Waals surface area contributed by atoms with Crippen LogP contribution in [0.5, 0.6) is 23.0 Å². The maximum Gasteiger partial charge on any atom is 0.338 e. The van der Waals surface area contributed by atoms with E-state index in [9.17, 15) is 9.59 Å². The van der Waals surface area contributed by atoms with Gasteiger partial charge >= 0.3 is 6.03 Å². The van der Waals surface area contributed by atoms with Crippen molar-refractivity contribution in [3.63, 3.8) is 0 Å². The van der Waals surface area contributed by atoms with Crippen molar-refractivity contribution in [2.24, 2.45) is 0 Å². The lowest BCUT2D eigenvalue weighted by molar-refractivity contribution is -0.119. The number of imide groups is 1. The minimum absolute atomic E-state index is 0.0159. The number of nitrogens with one attached hydrogen (secondary N) is 1. The molecule has 1 fully saturated rings. The van der Waals surface area contributed by atoms with E-state index in [-0.39, 0.29) is 17.9 Å². The highest BCUT2D eigenvalue weighted by Gasteiger charge is 2.19. The van der Waals surface area contributed by atoms with Gasteiger partial charge in [-0.05, 0) is 43.2 Å². The number of fused-ring (bicyclic) bond motifs is 1. The van der Waals surface area contributed by atoms with Crippen LogP contribution >= 0.6 is 12.8 Å². The van der Waals surface area contributed by atoms with Crippen LogP contribution in [-0.4, -0.2) is 68.4 Å². The fourth-order valence-electron chi connectivity index (χ4n) is 4.83. The number of ether oxygens (including phenoxy) is 4. The second-order valence-electron chi connectivity index (χ2n) is 10.5. The van der Waals surface area contributed by atoms with Gasteiger partial charge in [-0.25, -0.2) is 13.5 Å². The Labute approximate surface area is 266 Å². The summed E-state index contributed by atoms with van der Waals surface area (Å²) in [6.45, 7) is 6.73. The summed E-state index contributed by atoms with van der Waals surface area (Å²) in [4.78, 5) is 31.7. The zero-order valence-electron chi connectivity index (χ0n) is 25.1. The van der Waals surface area contributed by atoms with Gasteiger partial charge in [-0.2, -0.15) is 0 Å². The van der Waals surface area contributed by atoms with E-state index in [4.69, 9.17) is 18.9 Å². The molecule has 0 saturated carbocycles. The van der Waals surface area contributed by atoms with E-state index in [1.54, 1.807) is 31.5 Å². The number of pyridine rings is 1. The Morgan fingerprint density at radius 3 is 2.53 bits per heavy atom. The van der Waals surface area contributed by atoms with E-state index in [2.05, 4.69) is 28.0 Å². The number of hydrogen-bond donors (Lipinski definition) is 2. The molecule has 0 radical (unpaired) electrons. The maximum absolute atomic E-state index is 15.2. The molecule has 0 aliphatic carbocycles. The van der Waals surface area contributed by atoms with Gasteiger partial charge in [0.1, 0.15) is 5.75 Å². The van der Waals surface area contributed by atoms with Gasteiger partial charge in [-0.1, -0.05) is 42.6 Å². The predicted molar refractivity (Wildman–Crippen MR) is 172 cm³/mol. The summed E-state index contributed by atoms with van der Waals surface area (Å²) in [5, 5.41) is 2.86. The van der Waals surface area contributed by atoms with Crippen molar-refractivity contribution in [1.29, 1.82) is 0 Å². The smallest absolute Gasteiger partial charge is 0.338 e. The van der Waals surface area contributed by atoms with E-state index in [0.29, 0.717) is 34.8 Å². The highest BCUT2D eigenvalue weighted by atomic mass is 32.1. The highest BCUT2D eigenvalue weighted by molar-refractivity contribution is 7.82. The average Bonchev–Trinajstić information content (AvgIpc) is 3.05. The first-order valence-corrected chi connectivity index (χ1v) is 15.0. The van der Waals surface area contributed by atoms with Gasteiger partial charge in [0.05, 0.1) is 44.6 Å². The zero-order valence-corrected chi connectivity index (χ0v) is 26.0. The van der Waals surface area contributed by atoms with Gasteiger partial charge in [0, 0.05) is 43.4 Å². The van der Waals surface area contributed by atoms with Crippen LogP contribution in [0.3, 0.4) is 0 Å². The molecule has 3 amide bonds. The molecule has 0 spiro atoms. The van der Waals surface area contributed by atoms with Crippen LogP contribution in [0, 0.1) is 12.7 Å². The first kappa shape index (κ1) is 32.0. The summed E-state index contributed by atoms with van der Waals surface area (Å²) < 4.78 is 39.0. The maximum atomic E-state index is 15.2. The van der Waals surface area contributed by atoms with E-state index in [1.165, 1.54) is 12.1 Å². The zero-order chi connectivity index (χ0) is 31.8. The fourth-order valence-corrected chi connectivity index (χ4v) is 5.01. The third-order valence-electron chi connectivity index (χ3n) is 7.27. The summed E-state index contributed by atoms with van der Waals surface area (Å²) in [6.07, 6.45) is 2.43. The van der Waals surface area contributed by atoms with Crippen molar-refractivity contribution in [3.05, 3.63) is 83.8 Å². The molecule has 3 aromatic carbocycles. The third-order valence-corrected chi connectivity index (χ3v) is 7.68. The van der Waals surface area contributed by atoms with Crippen molar-refractivity contribution >= 4 is 41.3 Å². The number of nitrogens with zero attached hydrogens (tertiary/aromatic N) is 3. The number of rotatable bonds is 11. The molecule has 12 heteroatoms. The lowest BCUT2D eigenvalue weighted by Crippen LogP contribution is -2.39. The largest absolute Gasteiger partial charge is 0.493 e. The van der Waals surface area contributed by atoms with Crippen molar-refractivity contribution in [1.82, 2.24) is 15.2 Å². The monoisotopic (exact) mass is 634 g/mol. The number of amides is 3. The molecular weight excluding hydrogens is 599 g/mol. The standard InChI is InChI=1S/C33H35FN4O6S/c1-22-4-6-23(7-5-22)18-32(39)36-33(40)38(45)24-8-9-29(26(34)19-24)44-28-10-11-35-27-21-31(30(41-2)20-25(27)28)43-15-3-12-37-13-16-42-17-14-37/h4-11,19-21,45H,3,12-18H2,1-2H3,(H,36,39,40). The number of carbonyl (C=O) groups excluding carboxylic acids is 2. The first-order chi connectivity index (χ1) is 21.8. The SMILES string of the molecule is COc1cc2c(Oc3ccc(N(S)C(=O)NC(=O)Cc4ccc(C)cc4)cc3F)ccnc2cc1OCCCN1CCOCC1. The van der Waals surface area contributed by atoms with Crippen LogP contribution in [-0.2, 0) is 16.0 Å². The number of halogens is 1. The van der Waals surface area contributed by atoms with Crippen LogP contribution in [0.1, 0.15) is 17.5 Å². The topological polar surface area (TPSA) is 102 Å². The molecular formula is C33H35FN4O6S. The molecule has 1 N–H and O–H groups in total. The molecule has 2 heterocycles. The molecule has 4 aromatic rings. The molecule has 5 rings (SSSR count). The summed E-state index contributed by atoms with van der Waals surface area (Å²) >= 11 is 4.17. The fraction of sp³-hybridized carbons (Fsp3) is 0.303. The Bertz CT molecular complexity index is 1650. The average molecular weight is 635 g/mol. The van der Waals surface area contributed by atoms with E-state index >= 15 is 4.39 Å². The Hall–Kier alpha value is -4.39. The van der Waals surface area contributed by atoms with Crippen LogP contribution in [0.15, 0.2) is 66.9 Å². The lowest BCUT2D eigenvalue weighted by Gasteiger charge is -2.26. The molecule has 1 aliphatic heterocycles. The van der Waals surface area contributed by atoms with Gasteiger partial charge in [-0.15, -0.1) is 0 Å². The minimum atomic E-state index is -0.810. The normalized spacial score (nSPS) is 13.3. The van der Waals surface area contributed by atoms with E-state index < -0.39 is 17.8 Å². The van der Waals surface area contributed by atoms with Crippen LogP contribution in [0.2, 0.25) is 0 Å². The second kappa shape index (κ2) is 15.1. The number of urea groups is 1. The summed E-state index contributed by atoms with van der Waals surface area (Å²) in [7, 11) is 1.55. The number of hydrogen-bond acceptors (Lipinski definition) is 9. The number of carbonyl (C=O) groups is 2. The van der Waals surface area contributed by atoms with Gasteiger partial charge < -0.3 is 18.9 Å². The first-order valence-electron chi connectivity index (χ1n) is 14.6. The third kappa shape index (κ3) is 8.41. The van der Waals surface area contributed by atoms with E-state index in [1.807, 2.05) is 31.2 Å². The van der Waals surface area contributed by atoms with Gasteiger partial charge in [0.15, 0.2) is 23.1 Å². The molecule has 1 aromatic heterocycles. The summed E-state index contributed by atoms with van der Waals surface area (Å²) in [5.41, 5.74) is 2.52. The summed E-state index contributed by atoms with van der Waals surface area (Å²) in [6, 6.07) is 15.7. The summed E-state index contributed by atoms with van der Waals surface area (Å²) in [5.74, 6) is 0.0810. The Morgan fingerprint density at radius 2 is 1.80 bits per heavy atom. The number of thiol groups is 1. The number of benzene rings is 3. The number of anilines is 1. The molecule has 45 heavy (non-hydrogen) atoms. The van der Waals surface area contributed by atoms with Crippen molar-refractivity contribution in [2.75, 3.05) is 50.9 Å². The van der Waals surface area contributed by atoms with Crippen molar-refractivity contribution in [2.45, 2.75) is 19.8 Å². The van der Waals surface area contributed by atoms with Gasteiger partial charge in [0.25, 0.3) is 0 Å². The molecule has 236 valence electrons. The highest BCUT2D eigenvalue weighted by Crippen LogP contribution is 2.38. The predicted octanol–water partition coefficient (Wildman–Crippen LogP) is 5.71. The van der Waals surface area contributed by atoms with Gasteiger partial charge in [0.2, 0.25) is 5.91 Å². The molecule has 10 nitrogen and oxygen atoms in total. The van der Waals surface area contributed by atoms with Crippen LogP contribution < -0.4 is 23.8 Å². The van der Waals surface area contributed by atoms with Crippen molar-refractivity contribution < 1.29 is 32.9 Å². The Balaban J connectivity index is 1.22. The quantitative estimate of drug-likeness (QED) is 0.160. The molecule has 0 bridgehead atoms. The van der Waals surface area contributed by atoms with Gasteiger partial charge in [-0.3, -0.25) is 20.0 Å². The van der Waals surface area contributed by atoms with Crippen molar-refractivity contribution in [3.8, 4) is 23.0 Å². The van der Waals surface area contributed by atoms with Crippen LogP contribution in [0.4, 0.5) is 14.9 Å². The molecule has 0 atom stereocenters. The molecule has 0 unspecified atom stereocenters.